The van der Waals surface area contributed by atoms with E-state index in [1.807, 2.05) is 0 Å². The third-order valence-corrected chi connectivity index (χ3v) is 0.354. The monoisotopic (exact) mass is 384 g/mol. The first-order valence-electron chi connectivity index (χ1n) is 2.27. The Balaban J connectivity index is 0. The Kier molecular flexibility index (Phi) is 19.5. The molecule has 0 aliphatic carbocycles. The molecule has 0 spiro atoms. The average Bonchev–Trinajstić information content (AvgIpc) is 1.65. The second-order valence-electron chi connectivity index (χ2n) is 1.07. The minimum Gasteiger partial charge on any atom is -0.343 e. The fourth-order valence-electron chi connectivity index (χ4n) is 0. The van der Waals surface area contributed by atoms with Crippen LogP contribution in [-0.4, -0.2) is 0 Å². The molecule has 0 aliphatic heterocycles. The predicted octanol–water partition coefficient (Wildman–Crippen LogP) is 4.15. The molecule has 8 heavy (non-hydrogen) atoms. The first-order chi connectivity index (χ1) is 3.65. The molecule has 0 saturated carbocycles. The molecule has 0 radical (unpaired) electrons. The van der Waals surface area contributed by atoms with E-state index in [1.54, 1.807) is 0 Å². The maximum atomic E-state index is 3.60. The molecule has 0 atom stereocenters. The topological polar surface area (TPSA) is 0 Å². The van der Waals surface area contributed by atoms with Crippen LogP contribution in [0, 0.1) is 6.92 Å². The van der Waals surface area contributed by atoms with Crippen LogP contribution < -0.4 is 0 Å². The molecular weight excluding hydrogens is 379 g/mol. The molecule has 0 amide bonds. The van der Waals surface area contributed by atoms with Crippen LogP contribution in [0.3, 0.4) is 0 Å². The Bertz CT molecular complexity index is 27.7. The van der Waals surface area contributed by atoms with E-state index in [0.29, 0.717) is 0 Å². The summed E-state index contributed by atoms with van der Waals surface area (Å²) in [5.74, 6) is 0. The van der Waals surface area contributed by atoms with E-state index < -0.39 is 14.7 Å². The van der Waals surface area contributed by atoms with Crippen molar-refractivity contribution in [1.82, 2.24) is 0 Å². The third-order valence-electron chi connectivity index (χ3n) is 0.354. The molecule has 0 bridgehead atoms. The van der Waals surface area contributed by atoms with Gasteiger partial charge in [0.15, 0.2) is 0 Å². The summed E-state index contributed by atoms with van der Waals surface area (Å²) in [5, 5.41) is 0. The van der Waals surface area contributed by atoms with E-state index in [-0.39, 0.29) is 0 Å². The van der Waals surface area contributed by atoms with Crippen LogP contribution in [0.25, 0.3) is 0 Å². The van der Waals surface area contributed by atoms with Crippen molar-refractivity contribution in [2.24, 2.45) is 0 Å². The van der Waals surface area contributed by atoms with Gasteiger partial charge in [-0.25, -0.2) is 0 Å². The van der Waals surface area contributed by atoms with Crippen LogP contribution in [0.5, 0.6) is 0 Å². The van der Waals surface area contributed by atoms with Crippen molar-refractivity contribution in [3.8, 4) is 0 Å². The van der Waals surface area contributed by atoms with Gasteiger partial charge in [-0.2, -0.15) is 6.42 Å². The first kappa shape index (κ1) is 13.0. The molecule has 0 aromatic heterocycles. The second kappa shape index (κ2) is 12.0. The molecule has 0 saturated heterocycles. The van der Waals surface area contributed by atoms with Gasteiger partial charge in [0.2, 0.25) is 0 Å². The van der Waals surface area contributed by atoms with Crippen molar-refractivity contribution in [1.29, 1.82) is 0 Å². The molecule has 0 aromatic carbocycles. The Morgan fingerprint density at radius 3 is 1.50 bits per heavy atom. The third kappa shape index (κ3) is 40.4. The van der Waals surface area contributed by atoms with E-state index in [4.69, 9.17) is 0 Å². The summed E-state index contributed by atoms with van der Waals surface area (Å²) in [6, 6.07) is 0. The number of halogens is 3. The van der Waals surface area contributed by atoms with Gasteiger partial charge < -0.3 is 6.92 Å². The van der Waals surface area contributed by atoms with Crippen LogP contribution in [0.15, 0.2) is 0 Å². The zero-order valence-corrected chi connectivity index (χ0v) is 12.0. The van der Waals surface area contributed by atoms with Crippen molar-refractivity contribution >= 4 is 36.7 Å². The maximum Gasteiger partial charge on any atom is -0.0678 e. The summed E-state index contributed by atoms with van der Waals surface area (Å²) in [6.45, 7) is 5.72. The number of rotatable bonds is 1. The van der Waals surface area contributed by atoms with E-state index in [0.717, 1.165) is 6.42 Å². The van der Waals surface area contributed by atoms with Gasteiger partial charge in [-0.1, -0.05) is 13.3 Å². The van der Waals surface area contributed by atoms with E-state index in [1.165, 1.54) is 6.42 Å². The van der Waals surface area contributed by atoms with Crippen LogP contribution in [0.4, 0.5) is 0 Å². The SMILES string of the molecule is [Br][Zr]([Br])[Br].[CH2-]CCC. The number of unbranched alkanes of at least 4 members (excludes halogenated alkanes) is 1. The Morgan fingerprint density at radius 1 is 1.38 bits per heavy atom. The zero-order chi connectivity index (χ0) is 6.99. The molecule has 0 aliphatic rings. The van der Waals surface area contributed by atoms with Gasteiger partial charge in [-0.3, -0.25) is 0 Å². The van der Waals surface area contributed by atoms with Gasteiger partial charge >= 0.3 is 51.4 Å². The van der Waals surface area contributed by atoms with E-state index in [2.05, 4.69) is 50.5 Å². The van der Waals surface area contributed by atoms with Gasteiger partial charge in [-0.05, 0) is 0 Å². The Labute approximate surface area is 76.8 Å². The summed E-state index contributed by atoms with van der Waals surface area (Å²) < 4.78 is 0. The summed E-state index contributed by atoms with van der Waals surface area (Å²) in [6.07, 6.45) is 2.28. The summed E-state index contributed by atoms with van der Waals surface area (Å²) >= 11 is 8.80. The van der Waals surface area contributed by atoms with Crippen LogP contribution in [0.2, 0.25) is 0 Å². The minimum atomic E-state index is -1.11. The smallest absolute Gasteiger partial charge is 0.0678 e. The largest absolute Gasteiger partial charge is 0.343 e. The molecular formula is C4H9Br3Zr-. The second-order valence-corrected chi connectivity index (χ2v) is 35.1. The van der Waals surface area contributed by atoms with Gasteiger partial charge in [0, 0.05) is 0 Å². The molecule has 51 valence electrons. The van der Waals surface area contributed by atoms with Crippen LogP contribution in [-0.2, 0) is 14.7 Å². The van der Waals surface area contributed by atoms with E-state index >= 15 is 0 Å². The standard InChI is InChI=1S/C4H9.3BrH.Zr/c1-3-4-2;;;;/h1,3-4H2,2H3;3*1H;/q-1;;;;+3/p-3. The Hall–Kier alpha value is 2.32. The number of hydrogen-bond acceptors (Lipinski definition) is 0. The first-order valence-corrected chi connectivity index (χ1v) is 19.1. The average molecular weight is 388 g/mol. The molecule has 4 heteroatoms. The molecule has 0 N–H and O–H groups in total. The number of hydrogen-bond donors (Lipinski definition) is 0. The fourth-order valence-corrected chi connectivity index (χ4v) is 0. The van der Waals surface area contributed by atoms with Crippen molar-refractivity contribution in [2.45, 2.75) is 19.8 Å². The Morgan fingerprint density at radius 2 is 1.50 bits per heavy atom. The normalized spacial score (nSPS) is 7.12. The van der Waals surface area contributed by atoms with Gasteiger partial charge in [0.1, 0.15) is 0 Å². The van der Waals surface area contributed by atoms with Gasteiger partial charge in [0.05, 0.1) is 0 Å². The van der Waals surface area contributed by atoms with Gasteiger partial charge in [-0.15, -0.1) is 0 Å². The van der Waals surface area contributed by atoms with Crippen molar-refractivity contribution in [3.63, 3.8) is 0 Å². The predicted molar refractivity (Wildman–Crippen MR) is 47.0 cm³/mol. The molecule has 0 fully saturated rings. The maximum absolute atomic E-state index is 3.60. The quantitative estimate of drug-likeness (QED) is 0.593. The van der Waals surface area contributed by atoms with Crippen molar-refractivity contribution in [3.05, 3.63) is 6.92 Å². The molecule has 0 aromatic rings. The van der Waals surface area contributed by atoms with Crippen LogP contribution in [0.1, 0.15) is 19.8 Å². The summed E-state index contributed by atoms with van der Waals surface area (Å²) in [5.41, 5.74) is 0. The zero-order valence-electron chi connectivity index (χ0n) is 4.76. The van der Waals surface area contributed by atoms with E-state index in [9.17, 15) is 0 Å². The fraction of sp³-hybridized carbons (Fsp3) is 0.750. The molecule has 0 heterocycles. The molecule has 0 unspecified atom stereocenters. The van der Waals surface area contributed by atoms with Crippen molar-refractivity contribution < 1.29 is 14.7 Å². The summed E-state index contributed by atoms with van der Waals surface area (Å²) in [4.78, 5) is 0. The molecule has 0 rings (SSSR count). The molecule has 0 nitrogen and oxygen atoms in total. The van der Waals surface area contributed by atoms with Crippen LogP contribution >= 0.6 is 36.7 Å². The summed E-state index contributed by atoms with van der Waals surface area (Å²) in [7, 11) is 0. The minimum absolute atomic E-state index is 1.07. The van der Waals surface area contributed by atoms with Crippen molar-refractivity contribution in [2.75, 3.05) is 0 Å². The van der Waals surface area contributed by atoms with Gasteiger partial charge in [0.25, 0.3) is 0 Å².